The third kappa shape index (κ3) is 4.81. The zero-order chi connectivity index (χ0) is 25.3. The van der Waals surface area contributed by atoms with E-state index in [0.717, 1.165) is 0 Å². The largest absolute Gasteiger partial charge is 0.508 e. The number of amides is 1. The molecule has 0 unspecified atom stereocenters. The third-order valence-corrected chi connectivity index (χ3v) is 6.79. The van der Waals surface area contributed by atoms with Gasteiger partial charge in [-0.1, -0.05) is 30.0 Å². The first-order valence-corrected chi connectivity index (χ1v) is 12.0. The van der Waals surface area contributed by atoms with Crippen LogP contribution in [0.25, 0.3) is 6.08 Å². The van der Waals surface area contributed by atoms with E-state index in [0.29, 0.717) is 38.8 Å². The molecule has 0 aromatic heterocycles. The number of benzene rings is 2. The fraction of sp³-hybridized carbons (Fsp3) is 0.308. The lowest BCUT2D eigenvalue weighted by molar-refractivity contribution is -0.138. The maximum absolute atomic E-state index is 13.6. The van der Waals surface area contributed by atoms with Crippen molar-refractivity contribution in [1.82, 2.24) is 10.2 Å². The van der Waals surface area contributed by atoms with Crippen molar-refractivity contribution in [1.29, 1.82) is 0 Å². The number of allylic oxidation sites excluding steroid dienone is 1. The zero-order valence-electron chi connectivity index (χ0n) is 20.2. The molecule has 2 heterocycles. The Kier molecular flexibility index (Phi) is 6.98. The minimum Gasteiger partial charge on any atom is -0.508 e. The molecule has 2 atom stereocenters. The van der Waals surface area contributed by atoms with Crippen molar-refractivity contribution in [3.05, 3.63) is 69.8 Å². The molecule has 9 heteroatoms. The number of nitrogens with one attached hydrogen (secondary N) is 1. The second kappa shape index (κ2) is 9.95. The predicted molar refractivity (Wildman–Crippen MR) is 134 cm³/mol. The molecule has 2 aliphatic rings. The number of methoxy groups -OCH3 is 2. The van der Waals surface area contributed by atoms with Crippen molar-refractivity contribution in [2.45, 2.75) is 38.4 Å². The standard InChI is InChI=1S/C26H28N2O6S/c1-14(2)34-19-10-9-17(13-20(19)32-4)23-22(25(31)33-5)15(3)27-26-28(23)24(30)21(35-26)12-16-7-6-8-18(29)11-16/h6-14,23,26-27,29H,1-5H3/b21-12-/t23-,26-/m1/s1. The summed E-state index contributed by atoms with van der Waals surface area (Å²) in [6.45, 7) is 5.64. The maximum atomic E-state index is 13.6. The fourth-order valence-corrected chi connectivity index (χ4v) is 5.41. The molecule has 2 aromatic carbocycles. The Hall–Kier alpha value is -3.59. The highest BCUT2D eigenvalue weighted by molar-refractivity contribution is 8.05. The first-order chi connectivity index (χ1) is 16.7. The van der Waals surface area contributed by atoms with E-state index in [-0.39, 0.29) is 17.8 Å². The summed E-state index contributed by atoms with van der Waals surface area (Å²) in [5.74, 6) is 0.427. The molecule has 184 valence electrons. The monoisotopic (exact) mass is 496 g/mol. The maximum Gasteiger partial charge on any atom is 0.337 e. The summed E-state index contributed by atoms with van der Waals surface area (Å²) in [6, 6.07) is 11.4. The van der Waals surface area contributed by atoms with Crippen LogP contribution in [0, 0.1) is 0 Å². The van der Waals surface area contributed by atoms with Crippen molar-refractivity contribution < 1.29 is 28.9 Å². The second-order valence-electron chi connectivity index (χ2n) is 8.44. The van der Waals surface area contributed by atoms with E-state index in [2.05, 4.69) is 5.32 Å². The van der Waals surface area contributed by atoms with Crippen LogP contribution in [0.2, 0.25) is 0 Å². The summed E-state index contributed by atoms with van der Waals surface area (Å²) >= 11 is 1.35. The van der Waals surface area contributed by atoms with Gasteiger partial charge in [-0.05, 0) is 62.2 Å². The highest BCUT2D eigenvalue weighted by atomic mass is 32.2. The molecule has 2 aromatic rings. The Balaban J connectivity index is 1.80. The number of phenols is 1. The first-order valence-electron chi connectivity index (χ1n) is 11.1. The van der Waals surface area contributed by atoms with Crippen LogP contribution in [0.15, 0.2) is 58.6 Å². The predicted octanol–water partition coefficient (Wildman–Crippen LogP) is 4.18. The number of ether oxygens (including phenoxy) is 3. The summed E-state index contributed by atoms with van der Waals surface area (Å²) in [6.07, 6.45) is 1.68. The molecule has 0 saturated carbocycles. The summed E-state index contributed by atoms with van der Waals surface area (Å²) in [5.41, 5.74) is 1.94. The van der Waals surface area contributed by atoms with Crippen molar-refractivity contribution >= 4 is 29.7 Å². The first kappa shape index (κ1) is 24.5. The lowest BCUT2D eigenvalue weighted by atomic mass is 9.93. The average Bonchev–Trinajstić information content (AvgIpc) is 3.12. The number of thioether (sulfide) groups is 1. The average molecular weight is 497 g/mol. The molecule has 0 aliphatic carbocycles. The molecule has 2 aliphatic heterocycles. The molecule has 1 amide bonds. The Morgan fingerprint density at radius 2 is 1.94 bits per heavy atom. The number of aromatic hydroxyl groups is 1. The van der Waals surface area contributed by atoms with Gasteiger partial charge in [-0.3, -0.25) is 9.69 Å². The summed E-state index contributed by atoms with van der Waals surface area (Å²) in [5, 5.41) is 13.1. The van der Waals surface area contributed by atoms with Crippen LogP contribution in [-0.4, -0.2) is 47.7 Å². The van der Waals surface area contributed by atoms with Gasteiger partial charge in [-0.25, -0.2) is 4.79 Å². The number of carbonyl (C=O) groups is 2. The SMILES string of the molecule is COC(=O)C1=C(C)N[C@H]2S/C(=C\c3cccc(O)c3)C(=O)N2[C@@H]1c1ccc(OC(C)C)c(OC)c1. The normalized spacial score (nSPS) is 20.7. The summed E-state index contributed by atoms with van der Waals surface area (Å²) < 4.78 is 16.5. The molecular formula is C26H28N2O6S. The number of hydrogen-bond acceptors (Lipinski definition) is 8. The van der Waals surface area contributed by atoms with Gasteiger partial charge in [0.25, 0.3) is 5.91 Å². The van der Waals surface area contributed by atoms with Crippen molar-refractivity contribution in [2.75, 3.05) is 14.2 Å². The number of carbonyl (C=O) groups excluding carboxylic acids is 2. The van der Waals surface area contributed by atoms with Gasteiger partial charge in [-0.15, -0.1) is 0 Å². The number of esters is 1. The van der Waals surface area contributed by atoms with Crippen LogP contribution in [0.3, 0.4) is 0 Å². The Morgan fingerprint density at radius 3 is 2.60 bits per heavy atom. The molecule has 2 N–H and O–H groups in total. The molecular weight excluding hydrogens is 468 g/mol. The van der Waals surface area contributed by atoms with Crippen LogP contribution in [-0.2, 0) is 14.3 Å². The van der Waals surface area contributed by atoms with Gasteiger partial charge in [0.1, 0.15) is 5.75 Å². The van der Waals surface area contributed by atoms with Gasteiger partial charge in [0.15, 0.2) is 17.0 Å². The van der Waals surface area contributed by atoms with Gasteiger partial charge in [0.05, 0.1) is 36.8 Å². The Morgan fingerprint density at radius 1 is 1.17 bits per heavy atom. The van der Waals surface area contributed by atoms with E-state index in [1.807, 2.05) is 26.0 Å². The zero-order valence-corrected chi connectivity index (χ0v) is 21.0. The fourth-order valence-electron chi connectivity index (χ4n) is 4.19. The van der Waals surface area contributed by atoms with Gasteiger partial charge in [0.2, 0.25) is 0 Å². The van der Waals surface area contributed by atoms with Crippen LogP contribution in [0.4, 0.5) is 0 Å². The molecule has 1 saturated heterocycles. The topological polar surface area (TPSA) is 97.3 Å². The van der Waals surface area contributed by atoms with Crippen LogP contribution < -0.4 is 14.8 Å². The summed E-state index contributed by atoms with van der Waals surface area (Å²) in [4.78, 5) is 28.6. The van der Waals surface area contributed by atoms with Gasteiger partial charge < -0.3 is 24.6 Å². The molecule has 4 rings (SSSR count). The highest BCUT2D eigenvalue weighted by Crippen LogP contribution is 2.47. The minimum atomic E-state index is -0.703. The van der Waals surface area contributed by atoms with E-state index < -0.39 is 17.5 Å². The molecule has 35 heavy (non-hydrogen) atoms. The number of rotatable bonds is 6. The van der Waals surface area contributed by atoms with Crippen molar-refractivity contribution in [3.8, 4) is 17.2 Å². The third-order valence-electron chi connectivity index (χ3n) is 5.67. The van der Waals surface area contributed by atoms with E-state index >= 15 is 0 Å². The number of phenolic OH excluding ortho intramolecular Hbond substituents is 1. The van der Waals surface area contributed by atoms with Crippen LogP contribution in [0.1, 0.15) is 37.9 Å². The molecule has 0 spiro atoms. The van der Waals surface area contributed by atoms with Gasteiger partial charge in [0, 0.05) is 5.70 Å². The number of fused-ring (bicyclic) bond motifs is 1. The van der Waals surface area contributed by atoms with Gasteiger partial charge in [-0.2, -0.15) is 0 Å². The molecule has 8 nitrogen and oxygen atoms in total. The van der Waals surface area contributed by atoms with Crippen molar-refractivity contribution in [3.63, 3.8) is 0 Å². The van der Waals surface area contributed by atoms with Crippen molar-refractivity contribution in [2.24, 2.45) is 0 Å². The second-order valence-corrected chi connectivity index (χ2v) is 9.56. The number of nitrogens with zero attached hydrogens (tertiary/aromatic N) is 1. The van der Waals surface area contributed by atoms with E-state index in [1.165, 1.54) is 18.9 Å². The summed E-state index contributed by atoms with van der Waals surface area (Å²) in [7, 11) is 2.87. The van der Waals surface area contributed by atoms with E-state index in [9.17, 15) is 14.7 Å². The van der Waals surface area contributed by atoms with Gasteiger partial charge >= 0.3 is 5.97 Å². The van der Waals surface area contributed by atoms with E-state index in [1.54, 1.807) is 55.3 Å². The molecule has 0 radical (unpaired) electrons. The lowest BCUT2D eigenvalue weighted by Crippen LogP contribution is -2.49. The number of hydrogen-bond donors (Lipinski definition) is 2. The molecule has 1 fully saturated rings. The minimum absolute atomic E-state index is 0.0486. The quantitative estimate of drug-likeness (QED) is 0.454. The molecule has 0 bridgehead atoms. The van der Waals surface area contributed by atoms with Crippen LogP contribution >= 0.6 is 11.8 Å². The van der Waals surface area contributed by atoms with Crippen LogP contribution in [0.5, 0.6) is 17.2 Å². The van der Waals surface area contributed by atoms with E-state index in [4.69, 9.17) is 14.2 Å². The highest BCUT2D eigenvalue weighted by Gasteiger charge is 2.48. The Labute approximate surface area is 208 Å². The Bertz CT molecular complexity index is 1220. The lowest BCUT2D eigenvalue weighted by Gasteiger charge is -2.39. The smallest absolute Gasteiger partial charge is 0.337 e.